The van der Waals surface area contributed by atoms with Gasteiger partial charge in [-0.25, -0.2) is 0 Å². The van der Waals surface area contributed by atoms with E-state index < -0.39 is 0 Å². The normalized spacial score (nSPS) is 21.0. The molecule has 0 unspecified atom stereocenters. The van der Waals surface area contributed by atoms with Crippen molar-refractivity contribution < 1.29 is 19.2 Å². The minimum absolute atomic E-state index is 0. The molecule has 0 bridgehead atoms. The van der Waals surface area contributed by atoms with Crippen LogP contribution in [0.4, 0.5) is 11.4 Å². The van der Waals surface area contributed by atoms with Crippen molar-refractivity contribution in [2.45, 2.75) is 45.4 Å². The molecule has 2 aliphatic rings. The van der Waals surface area contributed by atoms with Crippen LogP contribution in [-0.2, 0) is 0 Å². The minimum atomic E-state index is -0.0955. The second-order valence-corrected chi connectivity index (χ2v) is 9.55. The zero-order valence-electron chi connectivity index (χ0n) is 19.1. The highest BCUT2D eigenvalue weighted by atomic mass is 127. The minimum Gasteiger partial charge on any atom is -0.858 e. The first kappa shape index (κ1) is 28.6. The van der Waals surface area contributed by atoms with Gasteiger partial charge in [0.05, 0.1) is 51.6 Å². The Labute approximate surface area is 221 Å². The summed E-state index contributed by atoms with van der Waals surface area (Å²) in [5, 5.41) is 25.1. The Bertz CT molecular complexity index is 771. The van der Waals surface area contributed by atoms with Gasteiger partial charge < -0.3 is 19.2 Å². The Morgan fingerprint density at radius 1 is 0.774 bits per heavy atom. The number of hydrogen-bond donors (Lipinski definition) is 0. The summed E-state index contributed by atoms with van der Waals surface area (Å²) in [6.07, 6.45) is 7.22. The van der Waals surface area contributed by atoms with Crippen molar-refractivity contribution in [1.29, 1.82) is 0 Å². The summed E-state index contributed by atoms with van der Waals surface area (Å²) in [6, 6.07) is 5.51. The van der Waals surface area contributed by atoms with Crippen LogP contribution in [0.25, 0.3) is 0 Å². The van der Waals surface area contributed by atoms with Gasteiger partial charge in [0.2, 0.25) is 0 Å². The number of likely N-dealkylation sites (tertiary alicyclic amines) is 2. The van der Waals surface area contributed by atoms with E-state index in [2.05, 4.69) is 24.1 Å². The number of piperidine rings is 2. The van der Waals surface area contributed by atoms with Gasteiger partial charge in [-0.1, -0.05) is 6.07 Å². The van der Waals surface area contributed by atoms with Gasteiger partial charge in [-0.15, -0.1) is 48.0 Å². The van der Waals surface area contributed by atoms with Crippen molar-refractivity contribution in [3.8, 4) is 0 Å². The van der Waals surface area contributed by atoms with Crippen molar-refractivity contribution in [1.82, 2.24) is 0 Å². The van der Waals surface area contributed by atoms with Crippen molar-refractivity contribution in [3.05, 3.63) is 23.8 Å². The molecule has 0 atom stereocenters. The maximum absolute atomic E-state index is 12.6. The van der Waals surface area contributed by atoms with Gasteiger partial charge in [0, 0.05) is 11.8 Å². The number of likely N-dealkylation sites (N-methyl/N-ethyl adjacent to an activating group) is 2. The summed E-state index contributed by atoms with van der Waals surface area (Å²) in [4.78, 5) is 8.67. The lowest BCUT2D eigenvalue weighted by molar-refractivity contribution is -0.907. The summed E-state index contributed by atoms with van der Waals surface area (Å²) in [7, 11) is 4.29. The molecule has 0 radical (unpaired) electrons. The maximum Gasteiger partial charge on any atom is 0.107 e. The summed E-state index contributed by atoms with van der Waals surface area (Å²) < 4.78 is 1.56. The van der Waals surface area contributed by atoms with E-state index in [-0.39, 0.29) is 59.7 Å². The molecule has 0 saturated carbocycles. The molecule has 1 aromatic carbocycles. The first-order valence-electron chi connectivity index (χ1n) is 11.0. The number of benzene rings is 1. The number of nitrogens with zero attached hydrogens (tertiary/aromatic N) is 4. The molecule has 1 aromatic rings. The van der Waals surface area contributed by atoms with Gasteiger partial charge in [-0.05, 0) is 63.1 Å². The molecular weight excluding hydrogens is 618 g/mol. The lowest BCUT2D eigenvalue weighted by atomic mass is 10.1. The molecule has 0 aromatic heterocycles. The molecule has 6 nitrogen and oxygen atoms in total. The van der Waals surface area contributed by atoms with Gasteiger partial charge in [-0.2, -0.15) is 0 Å². The molecular formula is C23H38I2N4O2. The molecule has 0 N–H and O–H groups in total. The summed E-state index contributed by atoms with van der Waals surface area (Å²) >= 11 is 0. The third kappa shape index (κ3) is 8.77. The fourth-order valence-corrected chi connectivity index (χ4v) is 4.66. The monoisotopic (exact) mass is 656 g/mol. The largest absolute Gasteiger partial charge is 0.858 e. The molecule has 0 amide bonds. The first-order chi connectivity index (χ1) is 13.8. The van der Waals surface area contributed by atoms with Crippen LogP contribution in [0.2, 0.25) is 0 Å². The lowest BCUT2D eigenvalue weighted by Crippen LogP contribution is -2.53. The Morgan fingerprint density at radius 2 is 1.23 bits per heavy atom. The van der Waals surface area contributed by atoms with Crippen LogP contribution in [0, 0.1) is 6.92 Å². The molecule has 2 fully saturated rings. The van der Waals surface area contributed by atoms with Crippen LogP contribution < -0.4 is 10.2 Å². The number of aliphatic imine (C=N–C) groups is 2. The number of rotatable bonds is 6. The van der Waals surface area contributed by atoms with E-state index in [1.54, 1.807) is 6.07 Å². The Morgan fingerprint density at radius 3 is 1.71 bits per heavy atom. The molecule has 31 heavy (non-hydrogen) atoms. The highest BCUT2D eigenvalue weighted by molar-refractivity contribution is 14.0. The first-order valence-corrected chi connectivity index (χ1v) is 11.0. The lowest BCUT2D eigenvalue weighted by Gasteiger charge is -2.39. The van der Waals surface area contributed by atoms with Crippen LogP contribution in [0.3, 0.4) is 0 Å². The van der Waals surface area contributed by atoms with Gasteiger partial charge in [0.25, 0.3) is 0 Å². The van der Waals surface area contributed by atoms with Crippen LogP contribution in [0.5, 0.6) is 0 Å². The van der Waals surface area contributed by atoms with Crippen molar-refractivity contribution >= 4 is 71.1 Å². The van der Waals surface area contributed by atoms with Crippen molar-refractivity contribution in [3.63, 3.8) is 0 Å². The van der Waals surface area contributed by atoms with Gasteiger partial charge in [0.15, 0.2) is 0 Å². The summed E-state index contributed by atoms with van der Waals surface area (Å²) in [5.74, 6) is -0.186. The molecule has 0 aliphatic carbocycles. The van der Waals surface area contributed by atoms with E-state index in [1.165, 1.54) is 38.5 Å². The van der Waals surface area contributed by atoms with Crippen molar-refractivity contribution in [2.24, 2.45) is 9.98 Å². The predicted molar refractivity (Wildman–Crippen MR) is 145 cm³/mol. The zero-order valence-corrected chi connectivity index (χ0v) is 23.8. The quantitative estimate of drug-likeness (QED) is 0.204. The molecule has 2 heterocycles. The Hall–Kier alpha value is -0.460. The van der Waals surface area contributed by atoms with E-state index in [1.807, 2.05) is 19.1 Å². The van der Waals surface area contributed by atoms with E-state index >= 15 is 0 Å². The number of halogens is 2. The molecule has 2 aliphatic heterocycles. The summed E-state index contributed by atoms with van der Waals surface area (Å²) in [5.41, 5.74) is 2.15. The highest BCUT2D eigenvalue weighted by Crippen LogP contribution is 2.26. The average Bonchev–Trinajstić information content (AvgIpc) is 2.64. The molecule has 176 valence electrons. The van der Waals surface area contributed by atoms with E-state index in [0.29, 0.717) is 24.5 Å². The van der Waals surface area contributed by atoms with E-state index in [9.17, 15) is 10.2 Å². The van der Waals surface area contributed by atoms with Crippen LogP contribution in [0.15, 0.2) is 28.2 Å². The van der Waals surface area contributed by atoms with Crippen LogP contribution >= 0.6 is 48.0 Å². The number of aryl methyl sites for hydroxylation is 1. The summed E-state index contributed by atoms with van der Waals surface area (Å²) in [6.45, 7) is 6.99. The van der Waals surface area contributed by atoms with Gasteiger partial charge in [0.1, 0.15) is 13.1 Å². The Balaban J connectivity index is 0.00000240. The third-order valence-corrected chi connectivity index (χ3v) is 6.52. The fraction of sp³-hybridized carbons (Fsp3) is 0.652. The fourth-order valence-electron chi connectivity index (χ4n) is 4.66. The zero-order chi connectivity index (χ0) is 20.9. The molecule has 0 spiro atoms. The van der Waals surface area contributed by atoms with Crippen LogP contribution in [-0.4, -0.2) is 74.1 Å². The van der Waals surface area contributed by atoms with Gasteiger partial charge in [-0.3, -0.25) is 9.98 Å². The molecule has 2 saturated heterocycles. The standard InChI is InChI=1S/C23H36N4O2.2HI/c1-19-10-11-20(24-22(28)17-26(2)12-6-4-7-13-26)16-21(19)25-23(29)18-27(3)14-8-5-9-15-27;;/h10-11,16H,4-9,12-15,17-18H2,1-3H3;2*1H. The highest BCUT2D eigenvalue weighted by Gasteiger charge is 2.25. The SMILES string of the molecule is Cc1ccc(N=C([O-])C[N+]2(C)CCCCC2)cc1N=C([O-])C[N+]1(C)CCCCC1.I.I. The topological polar surface area (TPSA) is 70.8 Å². The predicted octanol–water partition coefficient (Wildman–Crippen LogP) is 3.27. The number of hydrogen-bond acceptors (Lipinski definition) is 4. The second kappa shape index (κ2) is 12.7. The molecule has 3 rings (SSSR count). The van der Waals surface area contributed by atoms with E-state index in [4.69, 9.17) is 0 Å². The van der Waals surface area contributed by atoms with E-state index in [0.717, 1.165) is 40.7 Å². The molecule has 8 heteroatoms. The van der Waals surface area contributed by atoms with Crippen molar-refractivity contribution in [2.75, 3.05) is 53.4 Å². The van der Waals surface area contributed by atoms with Crippen LogP contribution in [0.1, 0.15) is 44.1 Å². The second-order valence-electron chi connectivity index (χ2n) is 9.55. The number of quaternary nitrogens is 2. The maximum atomic E-state index is 12.6. The average molecular weight is 656 g/mol. The third-order valence-electron chi connectivity index (χ3n) is 6.52. The smallest absolute Gasteiger partial charge is 0.107 e. The Kier molecular flexibility index (Phi) is 11.7. The van der Waals surface area contributed by atoms with Gasteiger partial charge >= 0.3 is 0 Å².